The predicted octanol–water partition coefficient (Wildman–Crippen LogP) is 2.65. The highest BCUT2D eigenvalue weighted by Crippen LogP contribution is 2.26. The third-order valence-electron chi connectivity index (χ3n) is 3.64. The first-order valence-electron chi connectivity index (χ1n) is 6.55. The first kappa shape index (κ1) is 17.3. The number of nitrogen functional groups attached to an aromatic ring is 1. The van der Waals surface area contributed by atoms with Crippen molar-refractivity contribution in [3.05, 3.63) is 23.3 Å². The first-order valence-corrected chi connectivity index (χ1v) is 9.39. The van der Waals surface area contributed by atoms with Crippen LogP contribution in [0.25, 0.3) is 0 Å². The molecule has 0 radical (unpaired) electrons. The van der Waals surface area contributed by atoms with Crippen molar-refractivity contribution in [2.45, 2.75) is 38.1 Å². The van der Waals surface area contributed by atoms with E-state index in [-0.39, 0.29) is 10.9 Å². The molecule has 114 valence electrons. The van der Waals surface area contributed by atoms with Crippen LogP contribution >= 0.6 is 11.8 Å². The Labute approximate surface area is 126 Å². The van der Waals surface area contributed by atoms with Crippen molar-refractivity contribution in [1.82, 2.24) is 4.31 Å². The molecule has 0 aliphatic carbocycles. The monoisotopic (exact) mass is 316 g/mol. The third-order valence-corrected chi connectivity index (χ3v) is 6.32. The Hall–Kier alpha value is -0.720. The molecule has 0 saturated carbocycles. The molecule has 0 aliphatic rings. The first-order chi connectivity index (χ1) is 9.21. The van der Waals surface area contributed by atoms with E-state index in [2.05, 4.69) is 0 Å². The van der Waals surface area contributed by atoms with Crippen LogP contribution in [0.3, 0.4) is 0 Å². The zero-order valence-electron chi connectivity index (χ0n) is 12.8. The fourth-order valence-corrected chi connectivity index (χ4v) is 4.05. The van der Waals surface area contributed by atoms with E-state index in [1.165, 1.54) is 4.31 Å². The van der Waals surface area contributed by atoms with Crippen LogP contribution in [0.5, 0.6) is 0 Å². The maximum Gasteiger partial charge on any atom is 0.245 e. The van der Waals surface area contributed by atoms with Gasteiger partial charge in [0, 0.05) is 13.1 Å². The van der Waals surface area contributed by atoms with Crippen LogP contribution in [0.1, 0.15) is 24.5 Å². The number of nitrogens with two attached hydrogens (primary N) is 1. The zero-order chi connectivity index (χ0) is 15.5. The summed E-state index contributed by atoms with van der Waals surface area (Å²) in [7, 11) is -1.92. The Bertz CT molecular complexity index is 571. The summed E-state index contributed by atoms with van der Waals surface area (Å²) in [6.45, 7) is 5.74. The van der Waals surface area contributed by atoms with Crippen LogP contribution in [-0.4, -0.2) is 37.8 Å². The SMILES string of the molecule is CSCCC(C)N(C)S(=O)(=O)c1cc(C)c(C)cc1N. The average Bonchev–Trinajstić information content (AvgIpc) is 2.38. The van der Waals surface area contributed by atoms with Crippen LogP contribution in [0.15, 0.2) is 17.0 Å². The minimum Gasteiger partial charge on any atom is -0.398 e. The Morgan fingerprint density at radius 2 is 1.85 bits per heavy atom. The van der Waals surface area contributed by atoms with Crippen LogP contribution in [0.2, 0.25) is 0 Å². The lowest BCUT2D eigenvalue weighted by atomic mass is 10.1. The summed E-state index contributed by atoms with van der Waals surface area (Å²) in [5.41, 5.74) is 8.15. The molecule has 20 heavy (non-hydrogen) atoms. The van der Waals surface area contributed by atoms with Crippen molar-refractivity contribution in [2.24, 2.45) is 0 Å². The number of thioether (sulfide) groups is 1. The Morgan fingerprint density at radius 3 is 2.40 bits per heavy atom. The van der Waals surface area contributed by atoms with E-state index in [1.54, 1.807) is 30.9 Å². The average molecular weight is 316 g/mol. The normalized spacial score (nSPS) is 13.7. The summed E-state index contributed by atoms with van der Waals surface area (Å²) in [4.78, 5) is 0.208. The van der Waals surface area contributed by atoms with Gasteiger partial charge in [-0.1, -0.05) is 0 Å². The molecule has 0 amide bonds. The molecule has 4 nitrogen and oxygen atoms in total. The summed E-state index contributed by atoms with van der Waals surface area (Å²) < 4.78 is 26.7. The number of sulfonamides is 1. The molecular formula is C14H24N2O2S2. The second-order valence-electron chi connectivity index (χ2n) is 5.13. The highest BCUT2D eigenvalue weighted by Gasteiger charge is 2.27. The van der Waals surface area contributed by atoms with Crippen molar-refractivity contribution < 1.29 is 8.42 Å². The Morgan fingerprint density at radius 1 is 1.30 bits per heavy atom. The fraction of sp³-hybridized carbons (Fsp3) is 0.571. The van der Waals surface area contributed by atoms with E-state index in [9.17, 15) is 8.42 Å². The van der Waals surface area contributed by atoms with Gasteiger partial charge in [0.15, 0.2) is 0 Å². The zero-order valence-corrected chi connectivity index (χ0v) is 14.4. The molecule has 1 atom stereocenters. The number of anilines is 1. The number of nitrogens with zero attached hydrogens (tertiary/aromatic N) is 1. The van der Waals surface area contributed by atoms with Crippen LogP contribution in [0.4, 0.5) is 5.69 Å². The van der Waals surface area contributed by atoms with Crippen molar-refractivity contribution in [2.75, 3.05) is 24.8 Å². The van der Waals surface area contributed by atoms with Gasteiger partial charge in [0.25, 0.3) is 0 Å². The number of aryl methyl sites for hydroxylation is 2. The van der Waals surface area contributed by atoms with Gasteiger partial charge in [-0.2, -0.15) is 16.1 Å². The van der Waals surface area contributed by atoms with Crippen LogP contribution < -0.4 is 5.73 Å². The lowest BCUT2D eigenvalue weighted by molar-refractivity contribution is 0.382. The second-order valence-corrected chi connectivity index (χ2v) is 8.08. The second kappa shape index (κ2) is 6.83. The summed E-state index contributed by atoms with van der Waals surface area (Å²) in [5, 5.41) is 0. The number of hydrogen-bond acceptors (Lipinski definition) is 4. The molecule has 0 bridgehead atoms. The van der Waals surface area contributed by atoms with Crippen molar-refractivity contribution in [1.29, 1.82) is 0 Å². The number of hydrogen-bond donors (Lipinski definition) is 1. The summed E-state index contributed by atoms with van der Waals surface area (Å²) in [6, 6.07) is 3.34. The van der Waals surface area contributed by atoms with Gasteiger partial charge in [-0.05, 0) is 62.5 Å². The smallest absolute Gasteiger partial charge is 0.245 e. The highest BCUT2D eigenvalue weighted by atomic mass is 32.2. The molecule has 2 N–H and O–H groups in total. The van der Waals surface area contributed by atoms with Gasteiger partial charge in [-0.3, -0.25) is 0 Å². The molecule has 6 heteroatoms. The number of rotatable bonds is 6. The van der Waals surface area contributed by atoms with Gasteiger partial charge in [0.05, 0.1) is 5.69 Å². The molecule has 1 unspecified atom stereocenters. The van der Waals surface area contributed by atoms with E-state index < -0.39 is 10.0 Å². The van der Waals surface area contributed by atoms with E-state index >= 15 is 0 Å². The van der Waals surface area contributed by atoms with Gasteiger partial charge in [0.1, 0.15) is 4.90 Å². The van der Waals surface area contributed by atoms with Gasteiger partial charge >= 0.3 is 0 Å². The summed E-state index contributed by atoms with van der Waals surface area (Å²) in [6.07, 6.45) is 2.84. The molecule has 0 aliphatic heterocycles. The third kappa shape index (κ3) is 3.68. The minimum atomic E-state index is -3.54. The highest BCUT2D eigenvalue weighted by molar-refractivity contribution is 7.98. The van der Waals surface area contributed by atoms with E-state index in [0.29, 0.717) is 5.69 Å². The van der Waals surface area contributed by atoms with E-state index in [4.69, 9.17) is 5.73 Å². The molecule has 0 heterocycles. The molecule has 1 aromatic carbocycles. The Balaban J connectivity index is 3.13. The maximum atomic E-state index is 12.7. The molecule has 1 rings (SSSR count). The van der Waals surface area contributed by atoms with E-state index in [0.717, 1.165) is 23.3 Å². The summed E-state index contributed by atoms with van der Waals surface area (Å²) >= 11 is 1.72. The number of benzene rings is 1. The lowest BCUT2D eigenvalue weighted by Crippen LogP contribution is -2.35. The van der Waals surface area contributed by atoms with Gasteiger partial charge < -0.3 is 5.73 Å². The van der Waals surface area contributed by atoms with Gasteiger partial charge in [0.2, 0.25) is 10.0 Å². The maximum absolute atomic E-state index is 12.7. The van der Waals surface area contributed by atoms with Crippen LogP contribution in [-0.2, 0) is 10.0 Å². The molecule has 0 aromatic heterocycles. The Kier molecular flexibility index (Phi) is 5.91. The standard InChI is InChI=1S/C14H24N2O2S2/c1-10-8-13(15)14(9-11(10)2)20(17,18)16(4)12(3)6-7-19-5/h8-9,12H,6-7,15H2,1-5H3. The van der Waals surface area contributed by atoms with Crippen molar-refractivity contribution in [3.63, 3.8) is 0 Å². The van der Waals surface area contributed by atoms with Gasteiger partial charge in [-0.15, -0.1) is 0 Å². The molecule has 0 saturated heterocycles. The molecular weight excluding hydrogens is 292 g/mol. The molecule has 0 spiro atoms. The lowest BCUT2D eigenvalue weighted by Gasteiger charge is -2.25. The van der Waals surface area contributed by atoms with E-state index in [1.807, 2.05) is 27.0 Å². The predicted molar refractivity (Wildman–Crippen MR) is 87.7 cm³/mol. The molecule has 0 fully saturated rings. The quantitative estimate of drug-likeness (QED) is 0.820. The largest absolute Gasteiger partial charge is 0.398 e. The van der Waals surface area contributed by atoms with Gasteiger partial charge in [-0.25, -0.2) is 8.42 Å². The minimum absolute atomic E-state index is 0.0477. The molecule has 1 aromatic rings. The summed E-state index contributed by atoms with van der Waals surface area (Å²) in [5.74, 6) is 0.934. The topological polar surface area (TPSA) is 63.4 Å². The fourth-order valence-electron chi connectivity index (χ4n) is 1.90. The van der Waals surface area contributed by atoms with Crippen molar-refractivity contribution >= 4 is 27.5 Å². The van der Waals surface area contributed by atoms with Crippen LogP contribution in [0, 0.1) is 13.8 Å². The van der Waals surface area contributed by atoms with Crippen molar-refractivity contribution in [3.8, 4) is 0 Å².